The minimum absolute atomic E-state index is 0.0697. The number of nitrogens with zero attached hydrogens (tertiary/aromatic N) is 1. The van der Waals surface area contributed by atoms with E-state index in [-0.39, 0.29) is 27.2 Å². The van der Waals surface area contributed by atoms with Crippen LogP contribution in [0.5, 0.6) is 0 Å². The SMILES string of the molecule is CN(C)CC(C)(O)CNS(=O)(=O)c1c(Cl)cc(N)cc1Cl. The van der Waals surface area contributed by atoms with Crippen molar-refractivity contribution < 1.29 is 13.5 Å². The molecule has 0 aliphatic rings. The zero-order chi connectivity index (χ0) is 16.4. The molecule has 0 saturated heterocycles. The maximum absolute atomic E-state index is 12.3. The van der Waals surface area contributed by atoms with E-state index in [1.165, 1.54) is 19.1 Å². The Labute approximate surface area is 134 Å². The number of benzene rings is 1. The van der Waals surface area contributed by atoms with E-state index in [1.54, 1.807) is 19.0 Å². The monoisotopic (exact) mass is 355 g/mol. The van der Waals surface area contributed by atoms with Gasteiger partial charge in [-0.05, 0) is 33.2 Å². The lowest BCUT2D eigenvalue weighted by molar-refractivity contribution is 0.0386. The molecule has 0 amide bonds. The molecule has 0 radical (unpaired) electrons. The van der Waals surface area contributed by atoms with Gasteiger partial charge in [0.15, 0.2) is 0 Å². The summed E-state index contributed by atoms with van der Waals surface area (Å²) in [5.74, 6) is 0. The van der Waals surface area contributed by atoms with Crippen molar-refractivity contribution >= 4 is 38.9 Å². The highest BCUT2D eigenvalue weighted by molar-refractivity contribution is 7.89. The molecule has 1 aromatic rings. The van der Waals surface area contributed by atoms with E-state index in [4.69, 9.17) is 28.9 Å². The number of likely N-dealkylation sites (N-methyl/N-ethyl adjacent to an activating group) is 1. The molecule has 1 unspecified atom stereocenters. The molecule has 120 valence electrons. The second-order valence-electron chi connectivity index (χ2n) is 5.37. The summed E-state index contributed by atoms with van der Waals surface area (Å²) >= 11 is 11.8. The Kier molecular flexibility index (Phi) is 5.88. The van der Waals surface area contributed by atoms with E-state index < -0.39 is 15.6 Å². The normalized spacial score (nSPS) is 15.2. The minimum Gasteiger partial charge on any atom is -0.399 e. The van der Waals surface area contributed by atoms with Crippen LogP contribution in [-0.4, -0.2) is 51.2 Å². The van der Waals surface area contributed by atoms with Crippen molar-refractivity contribution in [3.8, 4) is 0 Å². The summed E-state index contributed by atoms with van der Waals surface area (Å²) in [5, 5.41) is 9.98. The van der Waals surface area contributed by atoms with Crippen LogP contribution >= 0.6 is 23.2 Å². The number of nitrogens with one attached hydrogen (secondary N) is 1. The minimum atomic E-state index is -3.96. The Morgan fingerprint density at radius 1 is 1.33 bits per heavy atom. The maximum atomic E-state index is 12.3. The van der Waals surface area contributed by atoms with Crippen molar-refractivity contribution in [1.29, 1.82) is 0 Å². The highest BCUT2D eigenvalue weighted by atomic mass is 35.5. The molecule has 4 N–H and O–H groups in total. The first-order valence-electron chi connectivity index (χ1n) is 6.06. The first kappa shape index (κ1) is 18.5. The first-order valence-corrected chi connectivity index (χ1v) is 8.30. The Morgan fingerprint density at radius 2 is 1.81 bits per heavy atom. The van der Waals surface area contributed by atoms with Gasteiger partial charge in [-0.2, -0.15) is 0 Å². The largest absolute Gasteiger partial charge is 0.399 e. The third-order valence-electron chi connectivity index (χ3n) is 2.59. The average molecular weight is 356 g/mol. The Bertz CT molecular complexity index is 595. The molecule has 0 saturated carbocycles. The smallest absolute Gasteiger partial charge is 0.243 e. The number of sulfonamides is 1. The number of rotatable bonds is 6. The predicted molar refractivity (Wildman–Crippen MR) is 85.2 cm³/mol. The van der Waals surface area contributed by atoms with Gasteiger partial charge in [0.1, 0.15) is 4.90 Å². The zero-order valence-corrected chi connectivity index (χ0v) is 14.3. The fraction of sp³-hybridized carbons (Fsp3) is 0.500. The molecule has 0 aromatic heterocycles. The topological polar surface area (TPSA) is 95.7 Å². The van der Waals surface area contributed by atoms with Crippen molar-refractivity contribution in [2.24, 2.45) is 0 Å². The first-order chi connectivity index (χ1) is 9.44. The molecule has 1 atom stereocenters. The van der Waals surface area contributed by atoms with E-state index in [0.29, 0.717) is 6.54 Å². The van der Waals surface area contributed by atoms with Gasteiger partial charge in [0.05, 0.1) is 15.6 Å². The molecular weight excluding hydrogens is 337 g/mol. The summed E-state index contributed by atoms with van der Waals surface area (Å²) in [7, 11) is -0.406. The number of nitrogen functional groups attached to an aromatic ring is 1. The second kappa shape index (κ2) is 6.68. The highest BCUT2D eigenvalue weighted by Crippen LogP contribution is 2.31. The van der Waals surface area contributed by atoms with Crippen LogP contribution in [0.4, 0.5) is 5.69 Å². The van der Waals surface area contributed by atoms with Crippen LogP contribution < -0.4 is 10.5 Å². The molecule has 0 fully saturated rings. The van der Waals surface area contributed by atoms with E-state index in [0.717, 1.165) is 0 Å². The summed E-state index contributed by atoms with van der Waals surface area (Å²) in [4.78, 5) is 1.50. The number of hydrogen-bond acceptors (Lipinski definition) is 5. The molecule has 1 aromatic carbocycles. The Morgan fingerprint density at radius 3 is 2.24 bits per heavy atom. The van der Waals surface area contributed by atoms with Crippen molar-refractivity contribution in [3.05, 3.63) is 22.2 Å². The number of hydrogen-bond donors (Lipinski definition) is 3. The van der Waals surface area contributed by atoms with Gasteiger partial charge in [-0.1, -0.05) is 23.2 Å². The molecular formula is C12H19Cl2N3O3S. The summed E-state index contributed by atoms with van der Waals surface area (Å²) < 4.78 is 26.9. The van der Waals surface area contributed by atoms with Crippen LogP contribution in [-0.2, 0) is 10.0 Å². The van der Waals surface area contributed by atoms with Crippen molar-refractivity contribution in [3.63, 3.8) is 0 Å². The van der Waals surface area contributed by atoms with Crippen molar-refractivity contribution in [2.75, 3.05) is 32.9 Å². The number of halogens is 2. The van der Waals surface area contributed by atoms with Gasteiger partial charge in [-0.25, -0.2) is 13.1 Å². The van der Waals surface area contributed by atoms with Gasteiger partial charge in [0.2, 0.25) is 10.0 Å². The number of anilines is 1. The van der Waals surface area contributed by atoms with Gasteiger partial charge >= 0.3 is 0 Å². The molecule has 0 aliphatic carbocycles. The zero-order valence-electron chi connectivity index (χ0n) is 12.0. The van der Waals surface area contributed by atoms with Crippen LogP contribution in [0.2, 0.25) is 10.0 Å². The van der Waals surface area contributed by atoms with Gasteiger partial charge in [-0.15, -0.1) is 0 Å². The van der Waals surface area contributed by atoms with Crippen molar-refractivity contribution in [1.82, 2.24) is 9.62 Å². The maximum Gasteiger partial charge on any atom is 0.243 e. The van der Waals surface area contributed by atoms with Crippen LogP contribution in [0.15, 0.2) is 17.0 Å². The van der Waals surface area contributed by atoms with E-state index in [1.807, 2.05) is 0 Å². The van der Waals surface area contributed by atoms with Crippen LogP contribution in [0.25, 0.3) is 0 Å². The van der Waals surface area contributed by atoms with Gasteiger partial charge < -0.3 is 15.7 Å². The summed E-state index contributed by atoms with van der Waals surface area (Å²) in [5.41, 5.74) is 4.57. The van der Waals surface area contributed by atoms with Gasteiger partial charge in [0.25, 0.3) is 0 Å². The number of aliphatic hydroxyl groups is 1. The lowest BCUT2D eigenvalue weighted by Crippen LogP contribution is -2.47. The molecule has 6 nitrogen and oxygen atoms in total. The fourth-order valence-corrected chi connectivity index (χ4v) is 4.29. The third kappa shape index (κ3) is 5.28. The fourth-order valence-electron chi connectivity index (χ4n) is 1.90. The second-order valence-corrected chi connectivity index (χ2v) is 7.89. The lowest BCUT2D eigenvalue weighted by atomic mass is 10.1. The standard InChI is InChI=1S/C12H19Cl2N3O3S/c1-12(18,7-17(2)3)6-16-21(19,20)11-9(13)4-8(15)5-10(11)14/h4-5,16,18H,6-7,15H2,1-3H3. The third-order valence-corrected chi connectivity index (χ3v) is 4.91. The molecule has 1 rings (SSSR count). The summed E-state index contributed by atoms with van der Waals surface area (Å²) in [6, 6.07) is 2.61. The van der Waals surface area contributed by atoms with Gasteiger partial charge in [-0.3, -0.25) is 0 Å². The molecule has 0 bridgehead atoms. The van der Waals surface area contributed by atoms with Crippen LogP contribution in [0.1, 0.15) is 6.92 Å². The quantitative estimate of drug-likeness (QED) is 0.665. The summed E-state index contributed by atoms with van der Waals surface area (Å²) in [6.45, 7) is 1.64. The van der Waals surface area contributed by atoms with E-state index in [2.05, 4.69) is 4.72 Å². The molecule has 0 spiro atoms. The molecule has 0 aliphatic heterocycles. The van der Waals surface area contributed by atoms with Gasteiger partial charge in [0, 0.05) is 18.8 Å². The molecule has 0 heterocycles. The predicted octanol–water partition coefficient (Wildman–Crippen LogP) is 1.17. The van der Waals surface area contributed by atoms with Crippen LogP contribution in [0.3, 0.4) is 0 Å². The Hall–Kier alpha value is -0.570. The highest BCUT2D eigenvalue weighted by Gasteiger charge is 2.27. The number of nitrogens with two attached hydrogens (primary N) is 1. The average Bonchev–Trinajstić information content (AvgIpc) is 2.23. The van der Waals surface area contributed by atoms with Crippen molar-refractivity contribution in [2.45, 2.75) is 17.4 Å². The Balaban J connectivity index is 2.98. The molecule has 9 heteroatoms. The summed E-state index contributed by atoms with van der Waals surface area (Å²) in [6.07, 6.45) is 0. The lowest BCUT2D eigenvalue weighted by Gasteiger charge is -2.27. The molecule has 21 heavy (non-hydrogen) atoms. The van der Waals surface area contributed by atoms with Crippen LogP contribution in [0, 0.1) is 0 Å². The van der Waals surface area contributed by atoms with E-state index in [9.17, 15) is 13.5 Å². The van der Waals surface area contributed by atoms with E-state index >= 15 is 0 Å².